The molecule has 0 N–H and O–H groups in total. The number of hydrogen-bond donors (Lipinski definition) is 0. The van der Waals surface area contributed by atoms with Crippen molar-refractivity contribution in [2.75, 3.05) is 17.5 Å². The van der Waals surface area contributed by atoms with E-state index in [0.29, 0.717) is 22.4 Å². The van der Waals surface area contributed by atoms with Crippen molar-refractivity contribution >= 4 is 48.2 Å². The van der Waals surface area contributed by atoms with Crippen molar-refractivity contribution in [3.8, 4) is 0 Å². The fourth-order valence-corrected chi connectivity index (χ4v) is 6.57. The lowest BCUT2D eigenvalue weighted by Crippen LogP contribution is -2.32. The molecule has 2 heterocycles. The van der Waals surface area contributed by atoms with E-state index in [4.69, 9.17) is 9.15 Å². The Morgan fingerprint density at radius 3 is 2.28 bits per heavy atom. The molecule has 5 aromatic rings. The second-order valence-corrected chi connectivity index (χ2v) is 12.3. The molecular formula is C32H26BrNO4S. The van der Waals surface area contributed by atoms with Crippen molar-refractivity contribution in [3.63, 3.8) is 0 Å². The number of para-hydroxylation sites is 1. The van der Waals surface area contributed by atoms with Gasteiger partial charge in [0, 0.05) is 9.86 Å². The Balaban J connectivity index is 1.61. The number of fused-ring (bicyclic) bond motifs is 3. The molecule has 1 unspecified atom stereocenters. The zero-order valence-electron chi connectivity index (χ0n) is 21.3. The average molecular weight is 601 g/mol. The molecule has 1 aliphatic heterocycles. The third-order valence-electron chi connectivity index (χ3n) is 6.92. The summed E-state index contributed by atoms with van der Waals surface area (Å²) in [5.74, 6) is 0.455. The van der Waals surface area contributed by atoms with Gasteiger partial charge in [0.2, 0.25) is 0 Å². The number of furan rings is 1. The molecule has 39 heavy (non-hydrogen) atoms. The van der Waals surface area contributed by atoms with E-state index in [-0.39, 0.29) is 18.0 Å². The van der Waals surface area contributed by atoms with Gasteiger partial charge in [-0.05, 0) is 60.0 Å². The Labute approximate surface area is 236 Å². The maximum absolute atomic E-state index is 14.3. The lowest BCUT2D eigenvalue weighted by Gasteiger charge is -2.25. The number of sulfonamides is 1. The standard InChI is InChI=1S/C32H26BrNO4S/c1-22-11-17-27(18-12-22)39(35,36)34-20-19-25(23-7-3-2-4-8-23)21-37-31(24-13-15-26(33)16-14-24)32-30(34)28-9-5-6-10-29(28)38-32/h2-19,31H,20-21H2,1H3/b25-19+. The van der Waals surface area contributed by atoms with Crippen LogP contribution in [0.4, 0.5) is 5.69 Å². The van der Waals surface area contributed by atoms with Crippen LogP contribution in [0.25, 0.3) is 16.5 Å². The first-order valence-electron chi connectivity index (χ1n) is 12.6. The zero-order valence-corrected chi connectivity index (χ0v) is 23.7. The molecular weight excluding hydrogens is 574 g/mol. The maximum atomic E-state index is 14.3. The van der Waals surface area contributed by atoms with Crippen molar-refractivity contribution < 1.29 is 17.6 Å². The van der Waals surface area contributed by atoms with Gasteiger partial charge >= 0.3 is 0 Å². The van der Waals surface area contributed by atoms with Crippen LogP contribution in [0.2, 0.25) is 0 Å². The number of aryl methyl sites for hydroxylation is 1. The number of halogens is 1. The van der Waals surface area contributed by atoms with Gasteiger partial charge in [0.1, 0.15) is 17.4 Å². The fourth-order valence-electron chi connectivity index (χ4n) is 4.87. The zero-order chi connectivity index (χ0) is 27.0. The molecule has 1 atom stereocenters. The molecule has 5 nitrogen and oxygen atoms in total. The summed E-state index contributed by atoms with van der Waals surface area (Å²) in [5.41, 5.74) is 4.82. The first kappa shape index (κ1) is 25.6. The van der Waals surface area contributed by atoms with Crippen molar-refractivity contribution in [3.05, 3.63) is 136 Å². The topological polar surface area (TPSA) is 59.8 Å². The number of nitrogens with zero attached hydrogens (tertiary/aromatic N) is 1. The molecule has 0 radical (unpaired) electrons. The van der Waals surface area contributed by atoms with Crippen LogP contribution < -0.4 is 4.31 Å². The number of benzene rings is 4. The Hall–Kier alpha value is -3.65. The summed E-state index contributed by atoms with van der Waals surface area (Å²) in [6, 6.07) is 32.2. The normalized spacial score (nSPS) is 17.5. The molecule has 7 heteroatoms. The van der Waals surface area contributed by atoms with Crippen molar-refractivity contribution in [1.29, 1.82) is 0 Å². The summed E-state index contributed by atoms with van der Waals surface area (Å²) in [6.45, 7) is 2.33. The van der Waals surface area contributed by atoms with E-state index in [2.05, 4.69) is 15.9 Å². The Kier molecular flexibility index (Phi) is 6.89. The van der Waals surface area contributed by atoms with Crippen LogP contribution in [0.3, 0.4) is 0 Å². The highest BCUT2D eigenvalue weighted by molar-refractivity contribution is 9.10. The maximum Gasteiger partial charge on any atom is 0.264 e. The van der Waals surface area contributed by atoms with E-state index in [9.17, 15) is 8.42 Å². The van der Waals surface area contributed by atoms with E-state index in [0.717, 1.165) is 26.7 Å². The third-order valence-corrected chi connectivity index (χ3v) is 9.23. The van der Waals surface area contributed by atoms with Crippen molar-refractivity contribution in [1.82, 2.24) is 0 Å². The van der Waals surface area contributed by atoms with Gasteiger partial charge < -0.3 is 9.15 Å². The fraction of sp³-hybridized carbons (Fsp3) is 0.125. The molecule has 0 spiro atoms. The summed E-state index contributed by atoms with van der Waals surface area (Å²) in [6.07, 6.45) is 1.30. The quantitative estimate of drug-likeness (QED) is 0.211. The van der Waals surface area contributed by atoms with Crippen LogP contribution in [-0.2, 0) is 14.8 Å². The summed E-state index contributed by atoms with van der Waals surface area (Å²) >= 11 is 3.52. The smallest absolute Gasteiger partial charge is 0.264 e. The highest BCUT2D eigenvalue weighted by Crippen LogP contribution is 2.44. The predicted octanol–water partition coefficient (Wildman–Crippen LogP) is 7.90. The predicted molar refractivity (Wildman–Crippen MR) is 158 cm³/mol. The van der Waals surface area contributed by atoms with Gasteiger partial charge in [0.15, 0.2) is 5.76 Å². The lowest BCUT2D eigenvalue weighted by molar-refractivity contribution is 0.0931. The van der Waals surface area contributed by atoms with Gasteiger partial charge in [-0.3, -0.25) is 4.31 Å². The van der Waals surface area contributed by atoms with Crippen LogP contribution >= 0.6 is 15.9 Å². The lowest BCUT2D eigenvalue weighted by atomic mass is 10.0. The molecule has 1 aromatic heterocycles. The Morgan fingerprint density at radius 2 is 1.54 bits per heavy atom. The van der Waals surface area contributed by atoms with Crippen LogP contribution in [-0.4, -0.2) is 21.6 Å². The highest BCUT2D eigenvalue weighted by atomic mass is 79.9. The first-order valence-corrected chi connectivity index (χ1v) is 14.9. The van der Waals surface area contributed by atoms with Crippen LogP contribution in [0, 0.1) is 6.92 Å². The molecule has 0 fully saturated rings. The minimum Gasteiger partial charge on any atom is -0.456 e. The van der Waals surface area contributed by atoms with E-state index >= 15 is 0 Å². The van der Waals surface area contributed by atoms with Crippen LogP contribution in [0.5, 0.6) is 0 Å². The van der Waals surface area contributed by atoms with Gasteiger partial charge in [-0.2, -0.15) is 0 Å². The summed E-state index contributed by atoms with van der Waals surface area (Å²) < 4.78 is 44.1. The molecule has 0 saturated heterocycles. The number of hydrogen-bond acceptors (Lipinski definition) is 4. The van der Waals surface area contributed by atoms with Crippen LogP contribution in [0.1, 0.15) is 28.6 Å². The van der Waals surface area contributed by atoms with E-state index in [1.165, 1.54) is 4.31 Å². The Morgan fingerprint density at radius 1 is 0.846 bits per heavy atom. The molecule has 6 rings (SSSR count). The monoisotopic (exact) mass is 599 g/mol. The van der Waals surface area contributed by atoms with Crippen molar-refractivity contribution in [2.45, 2.75) is 17.9 Å². The SMILES string of the molecule is Cc1ccc(S(=O)(=O)N2C/C=C(/c3ccccc3)COC(c3ccc(Br)cc3)c3oc4ccccc4c32)cc1. The average Bonchev–Trinajstić information content (AvgIpc) is 3.35. The van der Waals surface area contributed by atoms with Gasteiger partial charge in [-0.15, -0.1) is 0 Å². The molecule has 4 aromatic carbocycles. The Bertz CT molecular complexity index is 1760. The molecule has 0 saturated carbocycles. The number of anilines is 1. The minimum atomic E-state index is -3.96. The number of rotatable bonds is 4. The van der Waals surface area contributed by atoms with Gasteiger partial charge in [-0.25, -0.2) is 8.42 Å². The second kappa shape index (κ2) is 10.5. The largest absolute Gasteiger partial charge is 0.456 e. The van der Waals surface area contributed by atoms with Gasteiger partial charge in [0.05, 0.1) is 18.0 Å². The summed E-state index contributed by atoms with van der Waals surface area (Å²) in [5, 5.41) is 0.713. The van der Waals surface area contributed by atoms with Gasteiger partial charge in [-0.1, -0.05) is 94.3 Å². The second-order valence-electron chi connectivity index (χ2n) is 9.50. The summed E-state index contributed by atoms with van der Waals surface area (Å²) in [4.78, 5) is 0.222. The third kappa shape index (κ3) is 4.93. The molecule has 1 aliphatic rings. The highest BCUT2D eigenvalue weighted by Gasteiger charge is 2.35. The summed E-state index contributed by atoms with van der Waals surface area (Å²) in [7, 11) is -3.96. The molecule has 0 amide bonds. The molecule has 0 aliphatic carbocycles. The number of ether oxygens (including phenoxy) is 1. The van der Waals surface area contributed by atoms with E-state index in [1.807, 2.05) is 104 Å². The first-order chi connectivity index (χ1) is 18.9. The van der Waals surface area contributed by atoms with Crippen molar-refractivity contribution in [2.24, 2.45) is 0 Å². The van der Waals surface area contributed by atoms with Gasteiger partial charge in [0.25, 0.3) is 10.0 Å². The van der Waals surface area contributed by atoms with E-state index < -0.39 is 16.1 Å². The molecule has 0 bridgehead atoms. The van der Waals surface area contributed by atoms with E-state index in [1.54, 1.807) is 12.1 Å². The van der Waals surface area contributed by atoms with Crippen LogP contribution in [0.15, 0.2) is 123 Å². The molecule has 196 valence electrons. The minimum absolute atomic E-state index is 0.118.